The fourth-order valence-electron chi connectivity index (χ4n) is 2.25. The smallest absolute Gasteiger partial charge is 0.270 e. The molecule has 0 bridgehead atoms. The zero-order valence-electron chi connectivity index (χ0n) is 13.6. The molecule has 2 amide bonds. The van der Waals surface area contributed by atoms with Crippen molar-refractivity contribution in [2.75, 3.05) is 13.1 Å². The van der Waals surface area contributed by atoms with Crippen LogP contribution in [0, 0.1) is 10.1 Å². The van der Waals surface area contributed by atoms with Crippen molar-refractivity contribution in [1.82, 2.24) is 10.6 Å². The second kappa shape index (κ2) is 9.17. The topological polar surface area (TPSA) is 101 Å². The van der Waals surface area contributed by atoms with Gasteiger partial charge in [0.1, 0.15) is 0 Å². The lowest BCUT2D eigenvalue weighted by molar-refractivity contribution is -0.384. The third-order valence-corrected chi connectivity index (χ3v) is 3.54. The summed E-state index contributed by atoms with van der Waals surface area (Å²) in [6.45, 7) is 0.341. The van der Waals surface area contributed by atoms with Crippen molar-refractivity contribution < 1.29 is 14.5 Å². The van der Waals surface area contributed by atoms with Gasteiger partial charge in [0.05, 0.1) is 11.5 Å². The van der Waals surface area contributed by atoms with E-state index in [1.54, 1.807) is 0 Å². The first-order valence-corrected chi connectivity index (χ1v) is 7.89. The summed E-state index contributed by atoms with van der Waals surface area (Å²) in [5.74, 6) is -0.824. The van der Waals surface area contributed by atoms with E-state index < -0.39 is 10.8 Å². The first kappa shape index (κ1) is 18.1. The van der Waals surface area contributed by atoms with Gasteiger partial charge in [0.2, 0.25) is 5.91 Å². The SMILES string of the molecule is O=C(CNC(=O)c1cccc([N+](=O)[O-])c1)NCCCc1ccccc1. The van der Waals surface area contributed by atoms with Crippen LogP contribution in [0.3, 0.4) is 0 Å². The molecular weight excluding hydrogens is 322 g/mol. The lowest BCUT2D eigenvalue weighted by atomic mass is 10.1. The predicted octanol–water partition coefficient (Wildman–Crippen LogP) is 2.07. The van der Waals surface area contributed by atoms with E-state index in [1.165, 1.54) is 29.8 Å². The van der Waals surface area contributed by atoms with Gasteiger partial charge < -0.3 is 10.6 Å². The van der Waals surface area contributed by atoms with Gasteiger partial charge in [0, 0.05) is 24.2 Å². The number of carbonyl (C=O) groups is 2. The van der Waals surface area contributed by atoms with Gasteiger partial charge in [-0.1, -0.05) is 36.4 Å². The number of nitro groups is 1. The Kier molecular flexibility index (Phi) is 6.65. The highest BCUT2D eigenvalue weighted by molar-refractivity contribution is 5.96. The van der Waals surface area contributed by atoms with Crippen molar-refractivity contribution in [2.24, 2.45) is 0 Å². The molecule has 0 aliphatic carbocycles. The standard InChI is InChI=1S/C18H19N3O4/c22-17(19-11-5-8-14-6-2-1-3-7-14)13-20-18(23)15-9-4-10-16(12-15)21(24)25/h1-4,6-7,9-10,12H,5,8,11,13H2,(H,19,22)(H,20,23). The quantitative estimate of drug-likeness (QED) is 0.436. The van der Waals surface area contributed by atoms with E-state index in [1.807, 2.05) is 30.3 Å². The minimum atomic E-state index is -0.573. The summed E-state index contributed by atoms with van der Waals surface area (Å²) in [4.78, 5) is 33.8. The molecule has 0 aliphatic heterocycles. The van der Waals surface area contributed by atoms with E-state index in [9.17, 15) is 19.7 Å². The molecule has 0 radical (unpaired) electrons. The van der Waals surface area contributed by atoms with Crippen molar-refractivity contribution >= 4 is 17.5 Å². The zero-order chi connectivity index (χ0) is 18.1. The zero-order valence-corrected chi connectivity index (χ0v) is 13.6. The highest BCUT2D eigenvalue weighted by atomic mass is 16.6. The highest BCUT2D eigenvalue weighted by Crippen LogP contribution is 2.12. The van der Waals surface area contributed by atoms with Crippen LogP contribution in [0.25, 0.3) is 0 Å². The number of hydrogen-bond acceptors (Lipinski definition) is 4. The molecule has 0 saturated carbocycles. The second-order valence-corrected chi connectivity index (χ2v) is 5.43. The first-order valence-electron chi connectivity index (χ1n) is 7.89. The average Bonchev–Trinajstić information content (AvgIpc) is 2.64. The molecule has 0 fully saturated rings. The molecule has 7 nitrogen and oxygen atoms in total. The summed E-state index contributed by atoms with van der Waals surface area (Å²) in [6, 6.07) is 15.3. The molecule has 2 rings (SSSR count). The monoisotopic (exact) mass is 341 g/mol. The first-order chi connectivity index (χ1) is 12.1. The Morgan fingerprint density at radius 3 is 2.48 bits per heavy atom. The van der Waals surface area contributed by atoms with E-state index in [-0.39, 0.29) is 23.7 Å². The van der Waals surface area contributed by atoms with E-state index in [4.69, 9.17) is 0 Å². The molecule has 0 aliphatic rings. The fourth-order valence-corrected chi connectivity index (χ4v) is 2.25. The average molecular weight is 341 g/mol. The fraction of sp³-hybridized carbons (Fsp3) is 0.222. The molecule has 0 atom stereocenters. The molecular formula is C18H19N3O4. The van der Waals surface area contributed by atoms with Gasteiger partial charge in [0.15, 0.2) is 0 Å². The second-order valence-electron chi connectivity index (χ2n) is 5.43. The number of carbonyl (C=O) groups excluding carboxylic acids is 2. The molecule has 0 spiro atoms. The van der Waals surface area contributed by atoms with Crippen LogP contribution < -0.4 is 10.6 Å². The summed E-state index contributed by atoms with van der Waals surface area (Å²) >= 11 is 0. The van der Waals surface area contributed by atoms with E-state index in [2.05, 4.69) is 10.6 Å². The van der Waals surface area contributed by atoms with Crippen LogP contribution in [0.4, 0.5) is 5.69 Å². The van der Waals surface area contributed by atoms with Crippen LogP contribution in [0.1, 0.15) is 22.3 Å². The van der Waals surface area contributed by atoms with Gasteiger partial charge in [-0.3, -0.25) is 19.7 Å². The number of rotatable bonds is 8. The third-order valence-electron chi connectivity index (χ3n) is 3.54. The summed E-state index contributed by atoms with van der Waals surface area (Å²) in [5, 5.41) is 15.9. The van der Waals surface area contributed by atoms with Crippen LogP contribution in [0.2, 0.25) is 0 Å². The van der Waals surface area contributed by atoms with Crippen LogP contribution in [0.15, 0.2) is 54.6 Å². The summed E-state index contributed by atoms with van der Waals surface area (Å²) in [6.07, 6.45) is 1.66. The molecule has 0 heterocycles. The molecule has 0 unspecified atom stereocenters. The van der Waals surface area contributed by atoms with Crippen molar-refractivity contribution in [3.8, 4) is 0 Å². The van der Waals surface area contributed by atoms with Crippen molar-refractivity contribution in [3.05, 3.63) is 75.8 Å². The molecule has 0 saturated heterocycles. The molecule has 7 heteroatoms. The van der Waals surface area contributed by atoms with Gasteiger partial charge in [-0.05, 0) is 24.5 Å². The molecule has 25 heavy (non-hydrogen) atoms. The van der Waals surface area contributed by atoms with Gasteiger partial charge in [-0.15, -0.1) is 0 Å². The Morgan fingerprint density at radius 2 is 1.76 bits per heavy atom. The number of amides is 2. The van der Waals surface area contributed by atoms with E-state index in [0.29, 0.717) is 6.54 Å². The predicted molar refractivity (Wildman–Crippen MR) is 93.2 cm³/mol. The molecule has 130 valence electrons. The molecule has 2 aromatic carbocycles. The maximum Gasteiger partial charge on any atom is 0.270 e. The van der Waals surface area contributed by atoms with E-state index >= 15 is 0 Å². The van der Waals surface area contributed by atoms with Crippen molar-refractivity contribution in [2.45, 2.75) is 12.8 Å². The van der Waals surface area contributed by atoms with Crippen LogP contribution in [-0.2, 0) is 11.2 Å². The van der Waals surface area contributed by atoms with Gasteiger partial charge in [0.25, 0.3) is 11.6 Å². The maximum absolute atomic E-state index is 11.9. The number of aryl methyl sites for hydroxylation is 1. The summed E-state index contributed by atoms with van der Waals surface area (Å²) in [5.41, 5.74) is 1.18. The van der Waals surface area contributed by atoms with E-state index in [0.717, 1.165) is 12.8 Å². The summed E-state index contributed by atoms with van der Waals surface area (Å²) < 4.78 is 0. The maximum atomic E-state index is 11.9. The Balaban J connectivity index is 1.70. The number of nitro benzene ring substituents is 1. The minimum Gasteiger partial charge on any atom is -0.355 e. The van der Waals surface area contributed by atoms with Crippen molar-refractivity contribution in [1.29, 1.82) is 0 Å². The summed E-state index contributed by atoms with van der Waals surface area (Å²) in [7, 11) is 0. The minimum absolute atomic E-state index is 0.145. The number of benzene rings is 2. The Morgan fingerprint density at radius 1 is 1.00 bits per heavy atom. The third kappa shape index (κ3) is 6.06. The molecule has 0 aromatic heterocycles. The van der Waals surface area contributed by atoms with Crippen molar-refractivity contribution in [3.63, 3.8) is 0 Å². The van der Waals surface area contributed by atoms with Gasteiger partial charge >= 0.3 is 0 Å². The largest absolute Gasteiger partial charge is 0.355 e. The number of nitrogens with zero attached hydrogens (tertiary/aromatic N) is 1. The highest BCUT2D eigenvalue weighted by Gasteiger charge is 2.12. The number of nitrogens with one attached hydrogen (secondary N) is 2. The number of hydrogen-bond donors (Lipinski definition) is 2. The van der Waals surface area contributed by atoms with Crippen LogP contribution in [-0.4, -0.2) is 29.8 Å². The normalized spacial score (nSPS) is 10.1. The van der Waals surface area contributed by atoms with Gasteiger partial charge in [-0.25, -0.2) is 0 Å². The Bertz CT molecular complexity index is 747. The van der Waals surface area contributed by atoms with Gasteiger partial charge in [-0.2, -0.15) is 0 Å². The molecule has 2 aromatic rings. The Hall–Kier alpha value is -3.22. The number of non-ortho nitro benzene ring substituents is 1. The lowest BCUT2D eigenvalue weighted by Crippen LogP contribution is -2.37. The van der Waals surface area contributed by atoms with Crippen LogP contribution >= 0.6 is 0 Å². The Labute approximate surface area is 145 Å². The molecule has 2 N–H and O–H groups in total. The van der Waals surface area contributed by atoms with Crippen LogP contribution in [0.5, 0.6) is 0 Å². The lowest BCUT2D eigenvalue weighted by Gasteiger charge is -2.07.